The van der Waals surface area contributed by atoms with E-state index in [9.17, 15) is 4.79 Å². The summed E-state index contributed by atoms with van der Waals surface area (Å²) in [4.78, 5) is 11.7. The highest BCUT2D eigenvalue weighted by atomic mass is 32.2. The average molecular weight is 295 g/mol. The summed E-state index contributed by atoms with van der Waals surface area (Å²) in [7, 11) is 1.79. The van der Waals surface area contributed by atoms with Gasteiger partial charge in [0.25, 0.3) is 0 Å². The van der Waals surface area contributed by atoms with Crippen LogP contribution in [0, 0.1) is 0 Å². The smallest absolute Gasteiger partial charge is 0.220 e. The third kappa shape index (κ3) is 4.96. The summed E-state index contributed by atoms with van der Waals surface area (Å²) in [6, 6.07) is 0. The van der Waals surface area contributed by atoms with Gasteiger partial charge in [-0.15, -0.1) is 5.10 Å². The first-order chi connectivity index (χ1) is 9.75. The van der Waals surface area contributed by atoms with Crippen LogP contribution in [0.2, 0.25) is 0 Å². The maximum atomic E-state index is 11.7. The molecule has 0 saturated carbocycles. The van der Waals surface area contributed by atoms with Crippen molar-refractivity contribution in [3.8, 4) is 0 Å². The number of amides is 1. The van der Waals surface area contributed by atoms with E-state index < -0.39 is 0 Å². The number of hydrogen-bond acceptors (Lipinski definition) is 5. The Kier molecular flexibility index (Phi) is 6.04. The van der Waals surface area contributed by atoms with Gasteiger partial charge >= 0.3 is 0 Å². The molecule has 1 aromatic heterocycles. The number of allylic oxidation sites excluding steroid dienone is 1. The number of carbonyl (C=O) groups is 1. The van der Waals surface area contributed by atoms with Gasteiger partial charge in [0.05, 0.1) is 0 Å². The van der Waals surface area contributed by atoms with E-state index in [-0.39, 0.29) is 5.91 Å². The minimum atomic E-state index is 0.101. The third-order valence-corrected chi connectivity index (χ3v) is 4.31. The van der Waals surface area contributed by atoms with Gasteiger partial charge in [-0.3, -0.25) is 4.79 Å². The Balaban J connectivity index is 1.56. The highest BCUT2D eigenvalue weighted by molar-refractivity contribution is 7.99. The van der Waals surface area contributed by atoms with Crippen molar-refractivity contribution in [1.82, 2.24) is 25.5 Å². The molecular weight excluding hydrogens is 274 g/mol. The number of tetrazole rings is 1. The number of nitrogens with zero attached hydrogens (tertiary/aromatic N) is 4. The molecule has 1 heterocycles. The number of rotatable bonds is 7. The fourth-order valence-corrected chi connectivity index (χ4v) is 2.95. The van der Waals surface area contributed by atoms with Crippen LogP contribution < -0.4 is 5.32 Å². The zero-order valence-corrected chi connectivity index (χ0v) is 12.7. The van der Waals surface area contributed by atoms with Gasteiger partial charge in [-0.2, -0.15) is 0 Å². The SMILES string of the molecule is Cn1nnnc1SCCC(=O)NCCC1=CCCCC1. The van der Waals surface area contributed by atoms with Crippen molar-refractivity contribution in [3.05, 3.63) is 11.6 Å². The van der Waals surface area contributed by atoms with Crippen molar-refractivity contribution in [1.29, 1.82) is 0 Å². The van der Waals surface area contributed by atoms with E-state index in [1.165, 1.54) is 43.0 Å². The first-order valence-electron chi connectivity index (χ1n) is 7.05. The maximum absolute atomic E-state index is 11.7. The van der Waals surface area contributed by atoms with E-state index in [1.807, 2.05) is 0 Å². The first-order valence-corrected chi connectivity index (χ1v) is 8.04. The van der Waals surface area contributed by atoms with E-state index >= 15 is 0 Å². The third-order valence-electron chi connectivity index (χ3n) is 3.29. The van der Waals surface area contributed by atoms with Gasteiger partial charge < -0.3 is 5.32 Å². The van der Waals surface area contributed by atoms with Gasteiger partial charge in [0.2, 0.25) is 11.1 Å². The molecule has 1 aliphatic rings. The van der Waals surface area contributed by atoms with Gasteiger partial charge in [-0.1, -0.05) is 23.4 Å². The fourth-order valence-electron chi connectivity index (χ4n) is 2.16. The normalized spacial score (nSPS) is 14.9. The van der Waals surface area contributed by atoms with E-state index in [4.69, 9.17) is 0 Å². The lowest BCUT2D eigenvalue weighted by Crippen LogP contribution is -2.25. The highest BCUT2D eigenvalue weighted by Gasteiger charge is 2.07. The Labute approximate surface area is 123 Å². The number of thioether (sulfide) groups is 1. The molecular formula is C13H21N5OS. The molecule has 0 aromatic carbocycles. The minimum absolute atomic E-state index is 0.101. The molecule has 1 aliphatic carbocycles. The van der Waals surface area contributed by atoms with Crippen LogP contribution in [0.4, 0.5) is 0 Å². The van der Waals surface area contributed by atoms with Gasteiger partial charge in [0.1, 0.15) is 0 Å². The Morgan fingerprint density at radius 1 is 1.50 bits per heavy atom. The Bertz CT molecular complexity index is 471. The van der Waals surface area contributed by atoms with E-state index in [1.54, 1.807) is 11.7 Å². The van der Waals surface area contributed by atoms with Gasteiger partial charge in [0, 0.05) is 25.8 Å². The van der Waals surface area contributed by atoms with Crippen LogP contribution in [0.25, 0.3) is 0 Å². The van der Waals surface area contributed by atoms with Gasteiger partial charge in [-0.05, 0) is 42.5 Å². The molecule has 0 spiro atoms. The molecule has 0 bridgehead atoms. The summed E-state index contributed by atoms with van der Waals surface area (Å²) >= 11 is 1.50. The molecule has 6 nitrogen and oxygen atoms in total. The zero-order chi connectivity index (χ0) is 14.2. The van der Waals surface area contributed by atoms with Crippen molar-refractivity contribution in [2.45, 2.75) is 43.7 Å². The van der Waals surface area contributed by atoms with E-state index in [2.05, 4.69) is 26.9 Å². The van der Waals surface area contributed by atoms with Crippen molar-refractivity contribution in [3.63, 3.8) is 0 Å². The topological polar surface area (TPSA) is 72.7 Å². The second-order valence-electron chi connectivity index (χ2n) is 4.89. The molecule has 0 radical (unpaired) electrons. The highest BCUT2D eigenvalue weighted by Crippen LogP contribution is 2.19. The zero-order valence-electron chi connectivity index (χ0n) is 11.8. The van der Waals surface area contributed by atoms with Gasteiger partial charge in [-0.25, -0.2) is 4.68 Å². The molecule has 110 valence electrons. The second-order valence-corrected chi connectivity index (χ2v) is 5.95. The van der Waals surface area contributed by atoms with E-state index in [0.29, 0.717) is 12.2 Å². The van der Waals surface area contributed by atoms with Crippen LogP contribution in [-0.2, 0) is 11.8 Å². The number of aryl methyl sites for hydroxylation is 1. The first kappa shape index (κ1) is 15.0. The van der Waals surface area contributed by atoms with Crippen LogP contribution >= 0.6 is 11.8 Å². The maximum Gasteiger partial charge on any atom is 0.220 e. The Morgan fingerprint density at radius 2 is 2.40 bits per heavy atom. The Morgan fingerprint density at radius 3 is 3.10 bits per heavy atom. The fraction of sp³-hybridized carbons (Fsp3) is 0.692. The van der Waals surface area contributed by atoms with Crippen molar-refractivity contribution < 1.29 is 4.79 Å². The average Bonchev–Trinajstić information content (AvgIpc) is 2.86. The minimum Gasteiger partial charge on any atom is -0.356 e. The molecule has 1 aromatic rings. The lowest BCUT2D eigenvalue weighted by Gasteiger charge is -2.12. The van der Waals surface area contributed by atoms with Crippen LogP contribution in [-0.4, -0.2) is 38.4 Å². The van der Waals surface area contributed by atoms with Crippen LogP contribution in [0.1, 0.15) is 38.5 Å². The summed E-state index contributed by atoms with van der Waals surface area (Å²) in [6.45, 7) is 0.751. The summed E-state index contributed by atoms with van der Waals surface area (Å²) in [5, 5.41) is 14.9. The van der Waals surface area contributed by atoms with Crippen LogP contribution in [0.3, 0.4) is 0 Å². The standard InChI is InChI=1S/C13H21N5OS/c1-18-13(15-16-17-18)20-10-8-12(19)14-9-7-11-5-3-2-4-6-11/h5H,2-4,6-10H2,1H3,(H,14,19). The number of hydrogen-bond donors (Lipinski definition) is 1. The lowest BCUT2D eigenvalue weighted by atomic mass is 9.97. The molecule has 0 atom stereocenters. The summed E-state index contributed by atoms with van der Waals surface area (Å²) < 4.78 is 1.61. The largest absolute Gasteiger partial charge is 0.356 e. The van der Waals surface area contributed by atoms with E-state index in [0.717, 1.165) is 18.1 Å². The summed E-state index contributed by atoms with van der Waals surface area (Å²) in [5.74, 6) is 0.798. The molecule has 20 heavy (non-hydrogen) atoms. The molecule has 1 N–H and O–H groups in total. The molecule has 0 fully saturated rings. The molecule has 7 heteroatoms. The lowest BCUT2D eigenvalue weighted by molar-refractivity contribution is -0.120. The molecule has 0 aliphatic heterocycles. The predicted molar refractivity (Wildman–Crippen MR) is 78.3 cm³/mol. The predicted octanol–water partition coefficient (Wildman–Crippen LogP) is 1.70. The summed E-state index contributed by atoms with van der Waals surface area (Å²) in [6.07, 6.45) is 8.82. The quantitative estimate of drug-likeness (QED) is 0.612. The monoisotopic (exact) mass is 295 g/mol. The molecule has 1 amide bonds. The van der Waals surface area contributed by atoms with Crippen LogP contribution in [0.5, 0.6) is 0 Å². The number of aromatic nitrogens is 4. The molecule has 2 rings (SSSR count). The number of nitrogens with one attached hydrogen (secondary N) is 1. The molecule has 0 unspecified atom stereocenters. The van der Waals surface area contributed by atoms with Crippen molar-refractivity contribution in [2.24, 2.45) is 7.05 Å². The van der Waals surface area contributed by atoms with Crippen molar-refractivity contribution in [2.75, 3.05) is 12.3 Å². The van der Waals surface area contributed by atoms with Crippen LogP contribution in [0.15, 0.2) is 16.8 Å². The second kappa shape index (κ2) is 8.04. The summed E-state index contributed by atoms with van der Waals surface area (Å²) in [5.41, 5.74) is 1.50. The molecule has 0 saturated heterocycles. The van der Waals surface area contributed by atoms with Crippen molar-refractivity contribution >= 4 is 17.7 Å². The number of carbonyl (C=O) groups excluding carboxylic acids is 1. The van der Waals surface area contributed by atoms with Gasteiger partial charge in [0.15, 0.2) is 0 Å². The Hall–Kier alpha value is -1.37.